The normalized spacial score (nSPS) is 30.2. The number of hydrogen-bond acceptors (Lipinski definition) is 2. The molecule has 4 heteroatoms. The Morgan fingerprint density at radius 2 is 2.19 bits per heavy atom. The molecule has 0 saturated carbocycles. The van der Waals surface area contributed by atoms with Gasteiger partial charge in [-0.05, 0) is 11.8 Å². The number of carbonyl (C=O) groups is 1. The smallest absolute Gasteiger partial charge is 0.407 e. The summed E-state index contributed by atoms with van der Waals surface area (Å²) in [7, 11) is 0. The second-order valence-electron chi connectivity index (χ2n) is 5.41. The number of nitrogens with zero attached hydrogens (tertiary/aromatic N) is 1. The van der Waals surface area contributed by atoms with Gasteiger partial charge in [0.15, 0.2) is 0 Å². The average molecular weight is 225 g/mol. The molecule has 1 rings (SSSR count). The zero-order chi connectivity index (χ0) is 12.6. The number of rotatable bonds is 1. The SMILES string of the molecule is C#CC[C@@]1(C(C)(C)C)C[C@@H](O)CN1C(=O)O. The molecule has 1 amide bonds. The maximum absolute atomic E-state index is 11.2. The van der Waals surface area contributed by atoms with Crippen LogP contribution in [0, 0.1) is 17.8 Å². The topological polar surface area (TPSA) is 60.8 Å². The zero-order valence-electron chi connectivity index (χ0n) is 10.0. The minimum absolute atomic E-state index is 0.147. The Hall–Kier alpha value is -1.21. The summed E-state index contributed by atoms with van der Waals surface area (Å²) in [6, 6.07) is 0. The molecule has 1 aliphatic heterocycles. The van der Waals surface area contributed by atoms with E-state index >= 15 is 0 Å². The standard InChI is InChI=1S/C12H19NO3/c1-5-6-12(11(2,3)4)7-9(14)8-13(12)10(15)16/h1,9,14H,6-8H2,2-4H3,(H,15,16)/t9-,12+/m1/s1. The van der Waals surface area contributed by atoms with E-state index in [4.69, 9.17) is 6.42 Å². The predicted molar refractivity (Wildman–Crippen MR) is 61.0 cm³/mol. The Morgan fingerprint density at radius 1 is 1.62 bits per heavy atom. The zero-order valence-corrected chi connectivity index (χ0v) is 10.0. The lowest BCUT2D eigenvalue weighted by atomic mass is 9.70. The van der Waals surface area contributed by atoms with E-state index in [0.29, 0.717) is 12.8 Å². The van der Waals surface area contributed by atoms with E-state index < -0.39 is 17.7 Å². The van der Waals surface area contributed by atoms with Crippen molar-refractivity contribution in [3.8, 4) is 12.3 Å². The maximum Gasteiger partial charge on any atom is 0.407 e. The second-order valence-corrected chi connectivity index (χ2v) is 5.41. The molecule has 2 N–H and O–H groups in total. The first-order valence-corrected chi connectivity index (χ1v) is 5.37. The highest BCUT2D eigenvalue weighted by Crippen LogP contribution is 2.45. The van der Waals surface area contributed by atoms with Gasteiger partial charge in [0, 0.05) is 6.42 Å². The van der Waals surface area contributed by atoms with E-state index in [1.807, 2.05) is 20.8 Å². The van der Waals surface area contributed by atoms with Crippen molar-refractivity contribution >= 4 is 6.09 Å². The summed E-state index contributed by atoms with van der Waals surface area (Å²) in [5.74, 6) is 2.55. The molecule has 0 aromatic rings. The molecule has 0 unspecified atom stereocenters. The van der Waals surface area contributed by atoms with Gasteiger partial charge in [-0.2, -0.15) is 0 Å². The molecule has 1 fully saturated rings. The van der Waals surface area contributed by atoms with Crippen LogP contribution in [0.2, 0.25) is 0 Å². The Kier molecular flexibility index (Phi) is 3.20. The molecule has 90 valence electrons. The summed E-state index contributed by atoms with van der Waals surface area (Å²) >= 11 is 0. The van der Waals surface area contributed by atoms with E-state index in [-0.39, 0.29) is 12.0 Å². The minimum Gasteiger partial charge on any atom is -0.465 e. The largest absolute Gasteiger partial charge is 0.465 e. The number of terminal acetylenes is 1. The van der Waals surface area contributed by atoms with E-state index in [1.54, 1.807) is 0 Å². The molecule has 0 aromatic carbocycles. The Morgan fingerprint density at radius 3 is 2.56 bits per heavy atom. The molecular weight excluding hydrogens is 206 g/mol. The first-order valence-electron chi connectivity index (χ1n) is 5.37. The van der Waals surface area contributed by atoms with Crippen molar-refractivity contribution < 1.29 is 15.0 Å². The van der Waals surface area contributed by atoms with Crippen LogP contribution in [0.5, 0.6) is 0 Å². The quantitative estimate of drug-likeness (QED) is 0.665. The van der Waals surface area contributed by atoms with E-state index in [2.05, 4.69) is 5.92 Å². The van der Waals surface area contributed by atoms with Crippen LogP contribution in [-0.2, 0) is 0 Å². The lowest BCUT2D eigenvalue weighted by Crippen LogP contribution is -2.55. The minimum atomic E-state index is -1.01. The van der Waals surface area contributed by atoms with Gasteiger partial charge in [0.25, 0.3) is 0 Å². The van der Waals surface area contributed by atoms with Crippen molar-refractivity contribution in [2.45, 2.75) is 45.3 Å². The van der Waals surface area contributed by atoms with Gasteiger partial charge < -0.3 is 10.2 Å². The number of aliphatic hydroxyl groups is 1. The monoisotopic (exact) mass is 225 g/mol. The molecule has 0 aliphatic carbocycles. The highest BCUT2D eigenvalue weighted by molar-refractivity contribution is 5.67. The van der Waals surface area contributed by atoms with Gasteiger partial charge in [-0.1, -0.05) is 20.8 Å². The van der Waals surface area contributed by atoms with Crippen LogP contribution in [0.15, 0.2) is 0 Å². The van der Waals surface area contributed by atoms with Gasteiger partial charge in [-0.15, -0.1) is 12.3 Å². The van der Waals surface area contributed by atoms with Crippen LogP contribution in [-0.4, -0.2) is 39.4 Å². The second kappa shape index (κ2) is 3.99. The number of carboxylic acid groups (broad SMARTS) is 1. The van der Waals surface area contributed by atoms with Crippen LogP contribution in [0.25, 0.3) is 0 Å². The summed E-state index contributed by atoms with van der Waals surface area (Å²) in [5.41, 5.74) is -0.956. The Bertz CT molecular complexity index is 326. The molecular formula is C12H19NO3. The van der Waals surface area contributed by atoms with Gasteiger partial charge in [-0.3, -0.25) is 4.90 Å². The Labute approximate surface area is 96.3 Å². The van der Waals surface area contributed by atoms with E-state index in [9.17, 15) is 15.0 Å². The highest BCUT2D eigenvalue weighted by atomic mass is 16.4. The number of likely N-dealkylation sites (tertiary alicyclic amines) is 1. The first-order chi connectivity index (χ1) is 7.24. The van der Waals surface area contributed by atoms with Crippen molar-refractivity contribution in [1.29, 1.82) is 0 Å². The molecule has 2 atom stereocenters. The average Bonchev–Trinajstić information content (AvgIpc) is 2.43. The van der Waals surface area contributed by atoms with Crippen molar-refractivity contribution in [2.24, 2.45) is 5.41 Å². The summed E-state index contributed by atoms with van der Waals surface area (Å²) in [6.07, 6.45) is 4.46. The molecule has 0 spiro atoms. The Balaban J connectivity index is 3.18. The summed E-state index contributed by atoms with van der Waals surface area (Å²) in [5, 5.41) is 18.9. The predicted octanol–water partition coefficient (Wildman–Crippen LogP) is 1.54. The third-order valence-electron chi connectivity index (χ3n) is 3.50. The summed E-state index contributed by atoms with van der Waals surface area (Å²) in [6.45, 7) is 6.02. The first kappa shape index (κ1) is 12.9. The number of aliphatic hydroxyl groups excluding tert-OH is 1. The van der Waals surface area contributed by atoms with Gasteiger partial charge in [0.1, 0.15) is 0 Å². The molecule has 1 heterocycles. The number of hydrogen-bond donors (Lipinski definition) is 2. The van der Waals surface area contributed by atoms with E-state index in [1.165, 1.54) is 4.90 Å². The molecule has 16 heavy (non-hydrogen) atoms. The van der Waals surface area contributed by atoms with Gasteiger partial charge in [0.2, 0.25) is 0 Å². The maximum atomic E-state index is 11.2. The van der Waals surface area contributed by atoms with Crippen molar-refractivity contribution in [3.63, 3.8) is 0 Å². The molecule has 0 bridgehead atoms. The van der Waals surface area contributed by atoms with Crippen molar-refractivity contribution in [1.82, 2.24) is 4.90 Å². The molecule has 0 radical (unpaired) electrons. The van der Waals surface area contributed by atoms with Crippen LogP contribution in [0.3, 0.4) is 0 Å². The van der Waals surface area contributed by atoms with Gasteiger partial charge in [0.05, 0.1) is 18.2 Å². The fraction of sp³-hybridized carbons (Fsp3) is 0.750. The third kappa shape index (κ3) is 1.88. The van der Waals surface area contributed by atoms with Crippen molar-refractivity contribution in [2.75, 3.05) is 6.54 Å². The number of amides is 1. The molecule has 1 saturated heterocycles. The number of β-amino-alcohol motifs (C(OH)–C–C–N with tert-alkyl or cyclic N) is 1. The summed E-state index contributed by atoms with van der Waals surface area (Å²) < 4.78 is 0. The van der Waals surface area contributed by atoms with Crippen LogP contribution in [0.4, 0.5) is 4.79 Å². The van der Waals surface area contributed by atoms with Crippen molar-refractivity contribution in [3.05, 3.63) is 0 Å². The fourth-order valence-electron chi connectivity index (χ4n) is 2.52. The van der Waals surface area contributed by atoms with E-state index in [0.717, 1.165) is 0 Å². The molecule has 0 aromatic heterocycles. The van der Waals surface area contributed by atoms with Gasteiger partial charge in [-0.25, -0.2) is 4.79 Å². The van der Waals surface area contributed by atoms with Crippen LogP contribution in [0.1, 0.15) is 33.6 Å². The molecule has 4 nitrogen and oxygen atoms in total. The lowest BCUT2D eigenvalue weighted by Gasteiger charge is -2.45. The lowest BCUT2D eigenvalue weighted by molar-refractivity contribution is 0.0339. The summed E-state index contributed by atoms with van der Waals surface area (Å²) in [4.78, 5) is 12.5. The van der Waals surface area contributed by atoms with Crippen LogP contribution < -0.4 is 0 Å². The van der Waals surface area contributed by atoms with Gasteiger partial charge >= 0.3 is 6.09 Å². The third-order valence-corrected chi connectivity index (χ3v) is 3.50. The molecule has 1 aliphatic rings. The fourth-order valence-corrected chi connectivity index (χ4v) is 2.52. The van der Waals surface area contributed by atoms with Crippen LogP contribution >= 0.6 is 0 Å². The highest BCUT2D eigenvalue weighted by Gasteiger charge is 2.54.